The lowest BCUT2D eigenvalue weighted by Gasteiger charge is -2.15. The molecule has 0 saturated carbocycles. The van der Waals surface area contributed by atoms with Gasteiger partial charge in [-0.05, 0) is 43.5 Å². The van der Waals surface area contributed by atoms with Gasteiger partial charge in [-0.2, -0.15) is 0 Å². The first-order valence-corrected chi connectivity index (χ1v) is 7.71. The normalized spacial score (nSPS) is 11.6. The van der Waals surface area contributed by atoms with Gasteiger partial charge in [-0.25, -0.2) is 0 Å². The molecule has 0 aliphatic carbocycles. The second-order valence-corrected chi connectivity index (χ2v) is 5.47. The third-order valence-electron chi connectivity index (χ3n) is 3.73. The summed E-state index contributed by atoms with van der Waals surface area (Å²) in [5, 5.41) is 3.02. The molecule has 0 aromatic heterocycles. The Morgan fingerprint density at radius 3 is 2.39 bits per heavy atom. The number of rotatable bonds is 7. The topological polar surface area (TPSA) is 47.6 Å². The number of hydrogen-bond donors (Lipinski definition) is 1. The molecule has 0 aliphatic heterocycles. The highest BCUT2D eigenvalue weighted by atomic mass is 16.5. The number of nitrogens with one attached hydrogen (secondary N) is 1. The van der Waals surface area contributed by atoms with Crippen LogP contribution in [-0.2, 0) is 6.42 Å². The van der Waals surface area contributed by atoms with Crippen LogP contribution in [0.5, 0.6) is 11.5 Å². The predicted octanol–water partition coefficient (Wildman–Crippen LogP) is 3.45. The maximum Gasteiger partial charge on any atom is 0.251 e. The maximum absolute atomic E-state index is 12.3. The molecule has 0 bridgehead atoms. The zero-order valence-corrected chi connectivity index (χ0v) is 13.8. The summed E-state index contributed by atoms with van der Waals surface area (Å²) in [6.45, 7) is 2.02. The Morgan fingerprint density at radius 1 is 1.04 bits per heavy atom. The summed E-state index contributed by atoms with van der Waals surface area (Å²) in [6, 6.07) is 15.5. The molecule has 0 radical (unpaired) electrons. The average Bonchev–Trinajstić information content (AvgIpc) is 2.60. The van der Waals surface area contributed by atoms with E-state index in [1.807, 2.05) is 25.1 Å². The quantitative estimate of drug-likeness (QED) is 0.851. The van der Waals surface area contributed by atoms with Crippen LogP contribution in [0.4, 0.5) is 0 Å². The van der Waals surface area contributed by atoms with E-state index in [0.717, 1.165) is 12.8 Å². The minimum atomic E-state index is -0.105. The van der Waals surface area contributed by atoms with Crippen LogP contribution in [-0.4, -0.2) is 26.2 Å². The van der Waals surface area contributed by atoms with Crippen LogP contribution in [0.3, 0.4) is 0 Å². The number of amides is 1. The number of ether oxygens (including phenoxy) is 2. The molecule has 4 nitrogen and oxygen atoms in total. The SMILES string of the molecule is COc1ccc(C(=O)NC(C)CCc2ccccc2)cc1OC. The summed E-state index contributed by atoms with van der Waals surface area (Å²) in [5.41, 5.74) is 1.84. The van der Waals surface area contributed by atoms with E-state index >= 15 is 0 Å². The standard InChI is InChI=1S/C19H23NO3/c1-14(9-10-15-7-5-4-6-8-15)20-19(21)16-11-12-17(22-2)18(13-16)23-3/h4-8,11-14H,9-10H2,1-3H3,(H,20,21). The Hall–Kier alpha value is -2.49. The van der Waals surface area contributed by atoms with Crippen LogP contribution in [0, 0.1) is 0 Å². The van der Waals surface area contributed by atoms with Gasteiger partial charge in [-0.15, -0.1) is 0 Å². The number of benzene rings is 2. The fraction of sp³-hybridized carbons (Fsp3) is 0.316. The van der Waals surface area contributed by atoms with Crippen molar-refractivity contribution in [3.63, 3.8) is 0 Å². The number of carbonyl (C=O) groups is 1. The van der Waals surface area contributed by atoms with E-state index in [2.05, 4.69) is 17.4 Å². The molecule has 122 valence electrons. The van der Waals surface area contributed by atoms with Crippen molar-refractivity contribution in [2.75, 3.05) is 14.2 Å². The van der Waals surface area contributed by atoms with Crippen LogP contribution in [0.15, 0.2) is 48.5 Å². The Kier molecular flexibility index (Phi) is 6.03. The molecule has 0 heterocycles. The molecule has 2 aromatic rings. The second kappa shape index (κ2) is 8.22. The molecule has 4 heteroatoms. The molecule has 0 saturated heterocycles. The molecular formula is C19H23NO3. The van der Waals surface area contributed by atoms with E-state index < -0.39 is 0 Å². The van der Waals surface area contributed by atoms with Gasteiger partial charge in [-0.3, -0.25) is 4.79 Å². The number of aryl methyl sites for hydroxylation is 1. The molecule has 0 fully saturated rings. The fourth-order valence-corrected chi connectivity index (χ4v) is 2.38. The number of hydrogen-bond acceptors (Lipinski definition) is 3. The molecular weight excluding hydrogens is 290 g/mol. The molecule has 23 heavy (non-hydrogen) atoms. The first-order chi connectivity index (χ1) is 11.1. The first-order valence-electron chi connectivity index (χ1n) is 7.71. The Labute approximate surface area is 137 Å². The minimum absolute atomic E-state index is 0.0933. The maximum atomic E-state index is 12.3. The number of carbonyl (C=O) groups excluding carboxylic acids is 1. The highest BCUT2D eigenvalue weighted by Gasteiger charge is 2.13. The van der Waals surface area contributed by atoms with Gasteiger partial charge in [0, 0.05) is 11.6 Å². The van der Waals surface area contributed by atoms with E-state index in [4.69, 9.17) is 9.47 Å². The van der Waals surface area contributed by atoms with E-state index in [9.17, 15) is 4.79 Å². The van der Waals surface area contributed by atoms with Crippen LogP contribution in [0.2, 0.25) is 0 Å². The van der Waals surface area contributed by atoms with E-state index in [1.165, 1.54) is 5.56 Å². The van der Waals surface area contributed by atoms with Gasteiger partial charge >= 0.3 is 0 Å². The van der Waals surface area contributed by atoms with Gasteiger partial charge in [0.2, 0.25) is 0 Å². The summed E-state index contributed by atoms with van der Waals surface area (Å²) in [7, 11) is 3.13. The van der Waals surface area contributed by atoms with Gasteiger partial charge < -0.3 is 14.8 Å². The fourth-order valence-electron chi connectivity index (χ4n) is 2.38. The largest absolute Gasteiger partial charge is 0.493 e. The molecule has 0 aliphatic rings. The van der Waals surface area contributed by atoms with Gasteiger partial charge in [0.15, 0.2) is 11.5 Å². The highest BCUT2D eigenvalue weighted by molar-refractivity contribution is 5.95. The van der Waals surface area contributed by atoms with Crippen molar-refractivity contribution >= 4 is 5.91 Å². The molecule has 0 spiro atoms. The summed E-state index contributed by atoms with van der Waals surface area (Å²) in [4.78, 5) is 12.3. The number of methoxy groups -OCH3 is 2. The lowest BCUT2D eigenvalue weighted by molar-refractivity contribution is 0.0938. The summed E-state index contributed by atoms with van der Waals surface area (Å²) in [6.07, 6.45) is 1.83. The van der Waals surface area contributed by atoms with Gasteiger partial charge in [0.05, 0.1) is 14.2 Å². The molecule has 1 atom stereocenters. The van der Waals surface area contributed by atoms with Crippen molar-refractivity contribution in [3.05, 3.63) is 59.7 Å². The second-order valence-electron chi connectivity index (χ2n) is 5.47. The minimum Gasteiger partial charge on any atom is -0.493 e. The molecule has 1 amide bonds. The lowest BCUT2D eigenvalue weighted by Crippen LogP contribution is -2.32. The van der Waals surface area contributed by atoms with Crippen molar-refractivity contribution in [1.82, 2.24) is 5.32 Å². The van der Waals surface area contributed by atoms with Crippen LogP contribution in [0.1, 0.15) is 29.3 Å². The van der Waals surface area contributed by atoms with Crippen LogP contribution < -0.4 is 14.8 Å². The molecule has 2 aromatic carbocycles. The zero-order chi connectivity index (χ0) is 16.7. The van der Waals surface area contributed by atoms with E-state index in [0.29, 0.717) is 17.1 Å². The van der Waals surface area contributed by atoms with Crippen molar-refractivity contribution in [1.29, 1.82) is 0 Å². The van der Waals surface area contributed by atoms with Crippen molar-refractivity contribution < 1.29 is 14.3 Å². The zero-order valence-electron chi connectivity index (χ0n) is 13.8. The third kappa shape index (κ3) is 4.74. The van der Waals surface area contributed by atoms with E-state index in [-0.39, 0.29) is 11.9 Å². The first kappa shape index (κ1) is 16.9. The summed E-state index contributed by atoms with van der Waals surface area (Å²) >= 11 is 0. The van der Waals surface area contributed by atoms with Gasteiger partial charge in [0.25, 0.3) is 5.91 Å². The highest BCUT2D eigenvalue weighted by Crippen LogP contribution is 2.27. The average molecular weight is 313 g/mol. The smallest absolute Gasteiger partial charge is 0.251 e. The van der Waals surface area contributed by atoms with Crippen molar-refractivity contribution in [3.8, 4) is 11.5 Å². The van der Waals surface area contributed by atoms with Crippen molar-refractivity contribution in [2.24, 2.45) is 0 Å². The Balaban J connectivity index is 1.93. The summed E-state index contributed by atoms with van der Waals surface area (Å²) in [5.74, 6) is 1.06. The van der Waals surface area contributed by atoms with Gasteiger partial charge in [-0.1, -0.05) is 30.3 Å². The monoisotopic (exact) mass is 313 g/mol. The Bertz CT molecular complexity index is 640. The van der Waals surface area contributed by atoms with Gasteiger partial charge in [0.1, 0.15) is 0 Å². The molecule has 2 rings (SSSR count). The van der Waals surface area contributed by atoms with Crippen LogP contribution >= 0.6 is 0 Å². The molecule has 1 unspecified atom stereocenters. The predicted molar refractivity (Wildman–Crippen MR) is 91.2 cm³/mol. The Morgan fingerprint density at radius 2 is 1.74 bits per heavy atom. The molecule has 1 N–H and O–H groups in total. The van der Waals surface area contributed by atoms with Crippen LogP contribution in [0.25, 0.3) is 0 Å². The lowest BCUT2D eigenvalue weighted by atomic mass is 10.1. The van der Waals surface area contributed by atoms with E-state index in [1.54, 1.807) is 32.4 Å². The summed E-state index contributed by atoms with van der Waals surface area (Å²) < 4.78 is 10.4. The third-order valence-corrected chi connectivity index (χ3v) is 3.73. The van der Waals surface area contributed by atoms with Crippen molar-refractivity contribution in [2.45, 2.75) is 25.8 Å².